The van der Waals surface area contributed by atoms with Crippen LogP contribution < -0.4 is 11.2 Å². The molecule has 0 saturated carbocycles. The van der Waals surface area contributed by atoms with Crippen LogP contribution in [0.5, 0.6) is 0 Å². The van der Waals surface area contributed by atoms with Crippen molar-refractivity contribution in [3.05, 3.63) is 43.5 Å². The number of aromatic nitrogens is 2. The number of rotatable bonds is 4. The van der Waals surface area contributed by atoms with Gasteiger partial charge >= 0.3 is 5.69 Å². The molecule has 0 bridgehead atoms. The molecule has 2 rings (SSSR count). The number of aromatic amines is 1. The molecule has 1 saturated heterocycles. The van der Waals surface area contributed by atoms with Crippen molar-refractivity contribution in [3.63, 3.8) is 0 Å². The van der Waals surface area contributed by atoms with Gasteiger partial charge in [0.1, 0.15) is 17.8 Å². The van der Waals surface area contributed by atoms with E-state index in [2.05, 4.69) is 10.0 Å². The van der Waals surface area contributed by atoms with E-state index >= 15 is 0 Å². The Kier molecular flexibility index (Phi) is 4.14. The van der Waals surface area contributed by atoms with Crippen LogP contribution in [0.2, 0.25) is 0 Å². The maximum atomic E-state index is 11.7. The van der Waals surface area contributed by atoms with E-state index in [9.17, 15) is 19.8 Å². The van der Waals surface area contributed by atoms with Crippen LogP contribution in [0.3, 0.4) is 0 Å². The van der Waals surface area contributed by atoms with Gasteiger partial charge in [-0.15, -0.1) is 0 Å². The van der Waals surface area contributed by atoms with Crippen LogP contribution in [0.4, 0.5) is 0 Å². The fourth-order valence-corrected chi connectivity index (χ4v) is 2.38. The van der Waals surface area contributed by atoms with E-state index in [1.54, 1.807) is 6.92 Å². The first kappa shape index (κ1) is 15.3. The van der Waals surface area contributed by atoms with Gasteiger partial charge in [0.2, 0.25) is 0 Å². The lowest BCUT2D eigenvalue weighted by atomic mass is 9.92. The van der Waals surface area contributed by atoms with E-state index in [4.69, 9.17) is 10.3 Å². The van der Waals surface area contributed by atoms with Crippen molar-refractivity contribution in [1.29, 1.82) is 0 Å². The molecule has 1 aromatic heterocycles. The first-order valence-corrected chi connectivity index (χ1v) is 6.31. The zero-order chi connectivity index (χ0) is 15.6. The summed E-state index contributed by atoms with van der Waals surface area (Å²) < 4.78 is 6.58. The average Bonchev–Trinajstić information content (AvgIpc) is 2.71. The van der Waals surface area contributed by atoms with Gasteiger partial charge in [-0.25, -0.2) is 4.79 Å². The lowest BCUT2D eigenvalue weighted by Crippen LogP contribution is -2.45. The zero-order valence-corrected chi connectivity index (χ0v) is 11.2. The fraction of sp³-hybridized carbons (Fsp3) is 0.636. The SMILES string of the molecule is CC[C@@]1(CN=[N+]=[N-])O[C@@H](n2ccc(=O)[nH]c2=O)[C@@H](O)[C@@H]1O. The standard InChI is InChI=1S/C11H15N5O5/c1-2-11(5-13-15-12)8(19)7(18)9(21-11)16-4-3-6(17)14-10(16)20/h3-4,7-9,18-19H,2,5H2,1H3,(H,14,17,20)/t7-,8-,9+,11-/m0/s1. The Balaban J connectivity index is 2.41. The molecule has 3 N–H and O–H groups in total. The van der Waals surface area contributed by atoms with E-state index in [1.807, 2.05) is 4.98 Å². The van der Waals surface area contributed by atoms with Gasteiger partial charge in [-0.05, 0) is 12.0 Å². The molecule has 1 aromatic rings. The third-order valence-electron chi connectivity index (χ3n) is 3.64. The van der Waals surface area contributed by atoms with Crippen LogP contribution >= 0.6 is 0 Å². The van der Waals surface area contributed by atoms with Crippen LogP contribution in [-0.4, -0.2) is 44.1 Å². The second-order valence-electron chi connectivity index (χ2n) is 4.77. The van der Waals surface area contributed by atoms with Crippen molar-refractivity contribution < 1.29 is 14.9 Å². The van der Waals surface area contributed by atoms with Crippen LogP contribution in [0.15, 0.2) is 27.0 Å². The van der Waals surface area contributed by atoms with Gasteiger partial charge in [0.05, 0.1) is 6.54 Å². The highest BCUT2D eigenvalue weighted by atomic mass is 16.6. The minimum atomic E-state index is -1.40. The molecule has 2 heterocycles. The topological polar surface area (TPSA) is 153 Å². The summed E-state index contributed by atoms with van der Waals surface area (Å²) in [5.74, 6) is 0. The molecule has 1 aliphatic rings. The number of H-pyrrole nitrogens is 1. The molecule has 10 nitrogen and oxygen atoms in total. The molecule has 0 radical (unpaired) electrons. The van der Waals surface area contributed by atoms with Gasteiger partial charge < -0.3 is 14.9 Å². The maximum Gasteiger partial charge on any atom is 0.330 e. The highest BCUT2D eigenvalue weighted by Gasteiger charge is 2.53. The highest BCUT2D eigenvalue weighted by molar-refractivity contribution is 5.02. The summed E-state index contributed by atoms with van der Waals surface area (Å²) in [4.78, 5) is 27.4. The number of nitrogens with one attached hydrogen (secondary N) is 1. The van der Waals surface area contributed by atoms with Gasteiger partial charge in [-0.1, -0.05) is 12.0 Å². The third-order valence-corrected chi connectivity index (χ3v) is 3.64. The molecule has 0 unspecified atom stereocenters. The second-order valence-corrected chi connectivity index (χ2v) is 4.77. The van der Waals surface area contributed by atoms with Gasteiger partial charge in [0.25, 0.3) is 5.56 Å². The van der Waals surface area contributed by atoms with E-state index in [-0.39, 0.29) is 13.0 Å². The van der Waals surface area contributed by atoms with Crippen molar-refractivity contribution >= 4 is 0 Å². The van der Waals surface area contributed by atoms with Crippen molar-refractivity contribution in [2.45, 2.75) is 37.4 Å². The Labute approximate surface area is 118 Å². The van der Waals surface area contributed by atoms with Crippen LogP contribution in [0, 0.1) is 0 Å². The summed E-state index contributed by atoms with van der Waals surface area (Å²) in [6.07, 6.45) is -2.49. The average molecular weight is 297 g/mol. The summed E-state index contributed by atoms with van der Waals surface area (Å²) in [5, 5.41) is 23.7. The summed E-state index contributed by atoms with van der Waals surface area (Å²) in [7, 11) is 0. The van der Waals surface area contributed by atoms with E-state index in [0.29, 0.717) is 0 Å². The molecule has 0 aliphatic carbocycles. The number of aliphatic hydroxyl groups is 2. The third kappa shape index (κ3) is 2.57. The van der Waals surface area contributed by atoms with Gasteiger partial charge in [-0.3, -0.25) is 14.3 Å². The van der Waals surface area contributed by atoms with Gasteiger partial charge in [0.15, 0.2) is 6.23 Å². The van der Waals surface area contributed by atoms with Crippen LogP contribution in [0.25, 0.3) is 10.4 Å². The fourth-order valence-electron chi connectivity index (χ4n) is 2.38. The largest absolute Gasteiger partial charge is 0.387 e. The molecule has 4 atom stereocenters. The Morgan fingerprint density at radius 3 is 2.86 bits per heavy atom. The number of ether oxygens (including phenoxy) is 1. The predicted octanol–water partition coefficient (Wildman–Crippen LogP) is -0.754. The Bertz CT molecular complexity index is 678. The number of aliphatic hydroxyl groups excluding tert-OH is 2. The van der Waals surface area contributed by atoms with E-state index < -0.39 is 35.3 Å². The Morgan fingerprint density at radius 1 is 1.57 bits per heavy atom. The Morgan fingerprint density at radius 2 is 2.29 bits per heavy atom. The van der Waals surface area contributed by atoms with E-state index in [1.165, 1.54) is 6.20 Å². The highest BCUT2D eigenvalue weighted by Crippen LogP contribution is 2.39. The van der Waals surface area contributed by atoms with Crippen molar-refractivity contribution in [2.75, 3.05) is 6.54 Å². The summed E-state index contributed by atoms with van der Waals surface area (Å²) in [6.45, 7) is 1.51. The number of hydrogen-bond acceptors (Lipinski definition) is 6. The molecule has 0 amide bonds. The first-order chi connectivity index (χ1) is 9.95. The quantitative estimate of drug-likeness (QED) is 0.379. The summed E-state index contributed by atoms with van der Waals surface area (Å²) >= 11 is 0. The molecule has 1 fully saturated rings. The molecule has 114 valence electrons. The normalized spacial score (nSPS) is 31.9. The first-order valence-electron chi connectivity index (χ1n) is 6.31. The summed E-state index contributed by atoms with van der Waals surface area (Å²) in [6, 6.07) is 1.10. The van der Waals surface area contributed by atoms with Gasteiger partial charge in [-0.2, -0.15) is 0 Å². The lowest BCUT2D eigenvalue weighted by Gasteiger charge is -2.28. The maximum absolute atomic E-state index is 11.7. The molecular weight excluding hydrogens is 282 g/mol. The van der Waals surface area contributed by atoms with Crippen LogP contribution in [0.1, 0.15) is 19.6 Å². The van der Waals surface area contributed by atoms with Crippen molar-refractivity contribution in [2.24, 2.45) is 5.11 Å². The predicted molar refractivity (Wildman–Crippen MR) is 70.5 cm³/mol. The number of hydrogen-bond donors (Lipinski definition) is 3. The Hall–Kier alpha value is -2.13. The van der Waals surface area contributed by atoms with E-state index in [0.717, 1.165) is 10.6 Å². The number of nitrogens with zero attached hydrogens (tertiary/aromatic N) is 4. The monoisotopic (exact) mass is 297 g/mol. The molecule has 1 aliphatic heterocycles. The lowest BCUT2D eigenvalue weighted by molar-refractivity contribution is -0.101. The smallest absolute Gasteiger partial charge is 0.330 e. The molecule has 0 spiro atoms. The second kappa shape index (κ2) is 5.70. The minimum absolute atomic E-state index is 0.188. The van der Waals surface area contributed by atoms with Crippen LogP contribution in [-0.2, 0) is 4.74 Å². The minimum Gasteiger partial charge on any atom is -0.387 e. The number of azide groups is 1. The van der Waals surface area contributed by atoms with Crippen molar-refractivity contribution in [1.82, 2.24) is 9.55 Å². The van der Waals surface area contributed by atoms with Crippen molar-refractivity contribution in [3.8, 4) is 0 Å². The molecule has 21 heavy (non-hydrogen) atoms. The molecular formula is C11H15N5O5. The summed E-state index contributed by atoms with van der Waals surface area (Å²) in [5.41, 5.74) is 5.77. The zero-order valence-electron chi connectivity index (χ0n) is 11.2. The molecule has 0 aromatic carbocycles. The molecule has 10 heteroatoms. The van der Waals surface area contributed by atoms with Gasteiger partial charge in [0, 0.05) is 17.2 Å².